The van der Waals surface area contributed by atoms with Gasteiger partial charge in [0.25, 0.3) is 0 Å². The Morgan fingerprint density at radius 3 is 2.56 bits per heavy atom. The van der Waals surface area contributed by atoms with Gasteiger partial charge in [0.1, 0.15) is 10.7 Å². The summed E-state index contributed by atoms with van der Waals surface area (Å²) in [5.41, 5.74) is 6.99. The van der Waals surface area contributed by atoms with Gasteiger partial charge in [-0.3, -0.25) is 4.98 Å². The van der Waals surface area contributed by atoms with Crippen molar-refractivity contribution in [3.05, 3.63) is 36.0 Å². The first-order valence-corrected chi connectivity index (χ1v) is 7.96. The van der Waals surface area contributed by atoms with E-state index < -0.39 is 6.09 Å². The van der Waals surface area contributed by atoms with Crippen molar-refractivity contribution >= 4 is 17.4 Å². The SMILES string of the molecule is COc1ccc(-c2cncc(-c3nc(OC(N)=O)cs3)n2)cc1OC. The second-order valence-electron chi connectivity index (χ2n) is 4.77. The number of primary amides is 1. The van der Waals surface area contributed by atoms with Crippen molar-refractivity contribution < 1.29 is 19.0 Å². The van der Waals surface area contributed by atoms with Crippen LogP contribution in [0.25, 0.3) is 22.0 Å². The lowest BCUT2D eigenvalue weighted by Gasteiger charge is -2.09. The average Bonchev–Trinajstić information content (AvgIpc) is 3.09. The molecule has 0 aliphatic rings. The fraction of sp³-hybridized carbons (Fsp3) is 0.125. The summed E-state index contributed by atoms with van der Waals surface area (Å²) in [7, 11) is 3.14. The number of amides is 1. The van der Waals surface area contributed by atoms with Gasteiger partial charge in [-0.05, 0) is 18.2 Å². The van der Waals surface area contributed by atoms with E-state index in [9.17, 15) is 4.79 Å². The number of ether oxygens (including phenoxy) is 3. The van der Waals surface area contributed by atoms with Crippen LogP contribution in [0.2, 0.25) is 0 Å². The molecule has 128 valence electrons. The summed E-state index contributed by atoms with van der Waals surface area (Å²) < 4.78 is 15.3. The predicted octanol–water partition coefficient (Wildman–Crippen LogP) is 2.74. The minimum absolute atomic E-state index is 0.130. The summed E-state index contributed by atoms with van der Waals surface area (Å²) in [6.45, 7) is 0. The maximum Gasteiger partial charge on any atom is 0.411 e. The number of carbonyl (C=O) groups is 1. The molecule has 0 aliphatic heterocycles. The van der Waals surface area contributed by atoms with E-state index in [4.69, 9.17) is 19.9 Å². The van der Waals surface area contributed by atoms with E-state index in [1.165, 1.54) is 11.3 Å². The van der Waals surface area contributed by atoms with Crippen molar-refractivity contribution in [2.24, 2.45) is 5.73 Å². The Labute approximate surface area is 147 Å². The van der Waals surface area contributed by atoms with Crippen LogP contribution < -0.4 is 19.9 Å². The van der Waals surface area contributed by atoms with Crippen LogP contribution >= 0.6 is 11.3 Å². The number of carbonyl (C=O) groups excluding carboxylic acids is 1. The molecule has 0 spiro atoms. The molecule has 0 bridgehead atoms. The first-order valence-electron chi connectivity index (χ1n) is 7.08. The third kappa shape index (κ3) is 3.66. The molecule has 3 rings (SSSR count). The van der Waals surface area contributed by atoms with Crippen molar-refractivity contribution in [2.75, 3.05) is 14.2 Å². The molecular formula is C16H14N4O4S. The average molecular weight is 358 g/mol. The summed E-state index contributed by atoms with van der Waals surface area (Å²) in [5.74, 6) is 1.35. The maximum absolute atomic E-state index is 10.8. The lowest BCUT2D eigenvalue weighted by molar-refractivity contribution is 0.209. The molecule has 0 unspecified atom stereocenters. The topological polar surface area (TPSA) is 109 Å². The lowest BCUT2D eigenvalue weighted by atomic mass is 10.1. The van der Waals surface area contributed by atoms with Crippen molar-refractivity contribution in [3.63, 3.8) is 0 Å². The van der Waals surface area contributed by atoms with Crippen molar-refractivity contribution in [3.8, 4) is 39.3 Å². The summed E-state index contributed by atoms with van der Waals surface area (Å²) in [4.78, 5) is 23.7. The Morgan fingerprint density at radius 2 is 1.84 bits per heavy atom. The summed E-state index contributed by atoms with van der Waals surface area (Å²) in [6, 6.07) is 5.47. The molecule has 25 heavy (non-hydrogen) atoms. The maximum atomic E-state index is 10.8. The van der Waals surface area contributed by atoms with Crippen LogP contribution in [0.5, 0.6) is 17.4 Å². The van der Waals surface area contributed by atoms with Crippen LogP contribution in [-0.2, 0) is 0 Å². The standard InChI is InChI=1S/C16H14N4O4S/c1-22-12-4-3-9(5-13(12)23-2)10-6-18-7-11(19-10)15-20-14(8-25-15)24-16(17)21/h3-8H,1-2H3,(H2,17,21). The molecule has 0 fully saturated rings. The number of benzene rings is 1. The predicted molar refractivity (Wildman–Crippen MR) is 91.9 cm³/mol. The highest BCUT2D eigenvalue weighted by Gasteiger charge is 2.12. The molecule has 0 aliphatic carbocycles. The highest BCUT2D eigenvalue weighted by molar-refractivity contribution is 7.13. The first-order chi connectivity index (χ1) is 12.1. The normalized spacial score (nSPS) is 10.3. The third-order valence-electron chi connectivity index (χ3n) is 3.22. The molecule has 0 saturated carbocycles. The highest BCUT2D eigenvalue weighted by Crippen LogP contribution is 2.32. The zero-order chi connectivity index (χ0) is 17.8. The summed E-state index contributed by atoms with van der Waals surface area (Å²) >= 11 is 1.27. The summed E-state index contributed by atoms with van der Waals surface area (Å²) in [6.07, 6.45) is 2.30. The number of aromatic nitrogens is 3. The van der Waals surface area contributed by atoms with Crippen LogP contribution in [0.1, 0.15) is 0 Å². The fourth-order valence-corrected chi connectivity index (χ4v) is 2.81. The Hall–Kier alpha value is -3.20. The summed E-state index contributed by atoms with van der Waals surface area (Å²) in [5, 5.41) is 2.14. The van der Waals surface area contributed by atoms with Gasteiger partial charge in [0, 0.05) is 5.56 Å². The van der Waals surface area contributed by atoms with Crippen LogP contribution in [-0.4, -0.2) is 35.3 Å². The number of nitrogens with zero attached hydrogens (tertiary/aromatic N) is 3. The van der Waals surface area contributed by atoms with E-state index in [1.807, 2.05) is 12.1 Å². The van der Waals surface area contributed by atoms with Gasteiger partial charge in [-0.2, -0.15) is 4.98 Å². The minimum Gasteiger partial charge on any atom is -0.493 e. The number of methoxy groups -OCH3 is 2. The van der Waals surface area contributed by atoms with E-state index in [0.717, 1.165) is 5.56 Å². The van der Waals surface area contributed by atoms with E-state index in [0.29, 0.717) is 27.9 Å². The molecule has 1 aromatic carbocycles. The fourth-order valence-electron chi connectivity index (χ4n) is 2.13. The Morgan fingerprint density at radius 1 is 1.08 bits per heavy atom. The van der Waals surface area contributed by atoms with Crippen LogP contribution in [0.4, 0.5) is 4.79 Å². The Kier molecular flexibility index (Phi) is 4.75. The van der Waals surface area contributed by atoms with Crippen molar-refractivity contribution in [1.82, 2.24) is 15.0 Å². The van der Waals surface area contributed by atoms with Gasteiger partial charge in [0.05, 0.1) is 37.7 Å². The molecule has 0 atom stereocenters. The second kappa shape index (κ2) is 7.14. The minimum atomic E-state index is -0.915. The zero-order valence-corrected chi connectivity index (χ0v) is 14.2. The molecule has 9 heteroatoms. The number of thiazole rings is 1. The molecule has 1 amide bonds. The van der Waals surface area contributed by atoms with Gasteiger partial charge in [0.2, 0.25) is 5.88 Å². The van der Waals surface area contributed by atoms with E-state index >= 15 is 0 Å². The Balaban J connectivity index is 1.94. The smallest absolute Gasteiger partial charge is 0.411 e. The van der Waals surface area contributed by atoms with Gasteiger partial charge in [-0.1, -0.05) is 0 Å². The quantitative estimate of drug-likeness (QED) is 0.746. The second-order valence-corrected chi connectivity index (χ2v) is 5.63. The molecule has 2 heterocycles. The van der Waals surface area contributed by atoms with Gasteiger partial charge in [-0.25, -0.2) is 9.78 Å². The van der Waals surface area contributed by atoms with Crippen molar-refractivity contribution in [2.45, 2.75) is 0 Å². The van der Waals surface area contributed by atoms with E-state index in [1.54, 1.807) is 38.1 Å². The van der Waals surface area contributed by atoms with Crippen LogP contribution in [0.15, 0.2) is 36.0 Å². The number of rotatable bonds is 5. The molecule has 0 radical (unpaired) electrons. The van der Waals surface area contributed by atoms with Gasteiger partial charge >= 0.3 is 6.09 Å². The third-order valence-corrected chi connectivity index (χ3v) is 4.06. The van der Waals surface area contributed by atoms with Gasteiger partial charge in [0.15, 0.2) is 11.5 Å². The highest BCUT2D eigenvalue weighted by atomic mass is 32.1. The number of hydrogen-bond donors (Lipinski definition) is 1. The molecular weight excluding hydrogens is 344 g/mol. The Bertz CT molecular complexity index is 913. The first kappa shape index (κ1) is 16.7. The van der Waals surface area contributed by atoms with Gasteiger partial charge in [-0.15, -0.1) is 11.3 Å². The molecule has 2 aromatic heterocycles. The molecule has 2 N–H and O–H groups in total. The monoisotopic (exact) mass is 358 g/mol. The van der Waals surface area contributed by atoms with E-state index in [2.05, 4.69) is 15.0 Å². The van der Waals surface area contributed by atoms with Gasteiger partial charge < -0.3 is 19.9 Å². The lowest BCUT2D eigenvalue weighted by Crippen LogP contribution is -2.16. The van der Waals surface area contributed by atoms with Crippen molar-refractivity contribution in [1.29, 1.82) is 0 Å². The molecule has 8 nitrogen and oxygen atoms in total. The zero-order valence-electron chi connectivity index (χ0n) is 13.4. The number of hydrogen-bond acceptors (Lipinski definition) is 8. The molecule has 3 aromatic rings. The van der Waals surface area contributed by atoms with Crippen LogP contribution in [0, 0.1) is 0 Å². The van der Waals surface area contributed by atoms with Crippen LogP contribution in [0.3, 0.4) is 0 Å². The number of nitrogens with two attached hydrogens (primary N) is 1. The largest absolute Gasteiger partial charge is 0.493 e. The molecule has 0 saturated heterocycles. The van der Waals surface area contributed by atoms with E-state index in [-0.39, 0.29) is 5.88 Å².